The third-order valence-electron chi connectivity index (χ3n) is 4.92. The van der Waals surface area contributed by atoms with Gasteiger partial charge in [-0.2, -0.15) is 0 Å². The van der Waals surface area contributed by atoms with Gasteiger partial charge in [0.25, 0.3) is 0 Å². The second kappa shape index (κ2) is 9.67. The molecule has 1 aliphatic heterocycles. The minimum absolute atomic E-state index is 0.236. The van der Waals surface area contributed by atoms with Crippen LogP contribution < -0.4 is 19.7 Å². The van der Waals surface area contributed by atoms with Crippen LogP contribution in [0.2, 0.25) is 5.02 Å². The first kappa shape index (κ1) is 21.0. The van der Waals surface area contributed by atoms with Crippen molar-refractivity contribution in [2.75, 3.05) is 57.7 Å². The number of nitrogens with zero attached hydrogens (tertiary/aromatic N) is 2. The van der Waals surface area contributed by atoms with Crippen LogP contribution in [-0.2, 0) is 4.79 Å². The van der Waals surface area contributed by atoms with Gasteiger partial charge in [-0.25, -0.2) is 0 Å². The average molecular weight is 416 g/mol. The molecular weight excluding hydrogens is 390 g/mol. The van der Waals surface area contributed by atoms with Crippen LogP contribution in [0, 0.1) is 0 Å². The third-order valence-corrected chi connectivity index (χ3v) is 5.15. The number of ether oxygens (including phenoxy) is 2. The summed E-state index contributed by atoms with van der Waals surface area (Å²) in [6.07, 6.45) is 3.20. The summed E-state index contributed by atoms with van der Waals surface area (Å²) in [6.45, 7) is 3.76. The minimum atomic E-state index is -0.236. The second-order valence-corrected chi connectivity index (χ2v) is 7.32. The first-order chi connectivity index (χ1) is 14.0. The van der Waals surface area contributed by atoms with Crippen LogP contribution in [0.3, 0.4) is 0 Å². The number of hydrogen-bond acceptors (Lipinski definition) is 5. The van der Waals surface area contributed by atoms with Crippen molar-refractivity contribution < 1.29 is 14.3 Å². The molecule has 0 bridgehead atoms. The number of amides is 1. The van der Waals surface area contributed by atoms with Gasteiger partial charge in [0.1, 0.15) is 11.5 Å². The molecule has 6 nitrogen and oxygen atoms in total. The quantitative estimate of drug-likeness (QED) is 0.728. The zero-order valence-corrected chi connectivity index (χ0v) is 17.7. The van der Waals surface area contributed by atoms with E-state index in [-0.39, 0.29) is 5.91 Å². The molecule has 1 aliphatic rings. The molecule has 154 valence electrons. The Morgan fingerprint density at radius 1 is 1.07 bits per heavy atom. The number of anilines is 2. The van der Waals surface area contributed by atoms with Crippen LogP contribution in [0.15, 0.2) is 42.5 Å². The van der Waals surface area contributed by atoms with Crippen LogP contribution in [0.25, 0.3) is 6.08 Å². The van der Waals surface area contributed by atoms with Gasteiger partial charge >= 0.3 is 0 Å². The Labute approximate surface area is 176 Å². The number of likely N-dealkylation sites (N-methyl/N-ethyl adjacent to an activating group) is 1. The number of carbonyl (C=O) groups is 1. The van der Waals surface area contributed by atoms with Crippen LogP contribution in [0.4, 0.5) is 11.4 Å². The van der Waals surface area contributed by atoms with Crippen LogP contribution in [-0.4, -0.2) is 58.3 Å². The van der Waals surface area contributed by atoms with Crippen molar-refractivity contribution in [1.29, 1.82) is 0 Å². The number of benzene rings is 2. The van der Waals surface area contributed by atoms with E-state index in [2.05, 4.69) is 22.2 Å². The molecule has 2 aromatic rings. The summed E-state index contributed by atoms with van der Waals surface area (Å²) < 4.78 is 10.6. The molecule has 3 rings (SSSR count). The standard InChI is InChI=1S/C22H26ClN3O3/c1-25-10-12-26(13-11-25)20-8-6-17(23)14-19(20)24-22(27)9-5-16-4-7-18(28-2)15-21(16)29-3/h4-9,14-15H,10-13H2,1-3H3,(H,24,27). The van der Waals surface area contributed by atoms with Crippen molar-refractivity contribution in [2.24, 2.45) is 0 Å². The molecule has 1 N–H and O–H groups in total. The number of nitrogens with one attached hydrogen (secondary N) is 1. The molecule has 0 radical (unpaired) electrons. The summed E-state index contributed by atoms with van der Waals surface area (Å²) in [6, 6.07) is 11.0. The number of hydrogen-bond donors (Lipinski definition) is 1. The van der Waals surface area contributed by atoms with Gasteiger partial charge in [-0.05, 0) is 43.5 Å². The van der Waals surface area contributed by atoms with Crippen molar-refractivity contribution in [3.05, 3.63) is 53.1 Å². The summed E-state index contributed by atoms with van der Waals surface area (Å²) in [5.74, 6) is 1.09. The molecule has 0 unspecified atom stereocenters. The highest BCUT2D eigenvalue weighted by Gasteiger charge is 2.18. The zero-order chi connectivity index (χ0) is 20.8. The average Bonchev–Trinajstić information content (AvgIpc) is 2.73. The van der Waals surface area contributed by atoms with Gasteiger partial charge in [-0.1, -0.05) is 11.6 Å². The molecular formula is C22H26ClN3O3. The zero-order valence-electron chi connectivity index (χ0n) is 16.9. The largest absolute Gasteiger partial charge is 0.497 e. The summed E-state index contributed by atoms with van der Waals surface area (Å²) in [7, 11) is 5.29. The molecule has 1 amide bonds. The fourth-order valence-corrected chi connectivity index (χ4v) is 3.40. The van der Waals surface area contributed by atoms with Crippen molar-refractivity contribution in [1.82, 2.24) is 4.90 Å². The lowest BCUT2D eigenvalue weighted by Crippen LogP contribution is -2.44. The number of halogens is 1. The highest BCUT2D eigenvalue weighted by Crippen LogP contribution is 2.30. The highest BCUT2D eigenvalue weighted by molar-refractivity contribution is 6.31. The van der Waals surface area contributed by atoms with E-state index in [1.165, 1.54) is 6.08 Å². The molecule has 1 saturated heterocycles. The molecule has 0 spiro atoms. The fourth-order valence-electron chi connectivity index (χ4n) is 3.23. The normalized spacial score (nSPS) is 14.8. The maximum absolute atomic E-state index is 12.6. The fraction of sp³-hybridized carbons (Fsp3) is 0.318. The van der Waals surface area contributed by atoms with Gasteiger partial charge in [-0.3, -0.25) is 4.79 Å². The monoisotopic (exact) mass is 415 g/mol. The Hall–Kier alpha value is -2.70. The molecule has 0 saturated carbocycles. The molecule has 0 aromatic heterocycles. The topological polar surface area (TPSA) is 54.0 Å². The number of methoxy groups -OCH3 is 2. The predicted octanol–water partition coefficient (Wildman–Crippen LogP) is 3.76. The lowest BCUT2D eigenvalue weighted by molar-refractivity contribution is -0.111. The Morgan fingerprint density at radius 3 is 2.52 bits per heavy atom. The molecule has 0 aliphatic carbocycles. The van der Waals surface area contributed by atoms with Crippen LogP contribution in [0.5, 0.6) is 11.5 Å². The smallest absolute Gasteiger partial charge is 0.248 e. The van der Waals surface area contributed by atoms with E-state index in [9.17, 15) is 4.79 Å². The molecule has 7 heteroatoms. The van der Waals surface area contributed by atoms with E-state index in [1.807, 2.05) is 24.3 Å². The van der Waals surface area contributed by atoms with Gasteiger partial charge in [0.2, 0.25) is 5.91 Å². The third kappa shape index (κ3) is 5.43. The van der Waals surface area contributed by atoms with E-state index in [4.69, 9.17) is 21.1 Å². The van der Waals surface area contributed by atoms with E-state index < -0.39 is 0 Å². The highest BCUT2D eigenvalue weighted by atomic mass is 35.5. The molecule has 1 heterocycles. The minimum Gasteiger partial charge on any atom is -0.497 e. The van der Waals surface area contributed by atoms with Crippen molar-refractivity contribution in [3.63, 3.8) is 0 Å². The first-order valence-corrected chi connectivity index (χ1v) is 9.82. The lowest BCUT2D eigenvalue weighted by atomic mass is 10.1. The Kier molecular flexibility index (Phi) is 7.01. The number of carbonyl (C=O) groups excluding carboxylic acids is 1. The molecule has 0 atom stereocenters. The van der Waals surface area contributed by atoms with Gasteiger partial charge in [0, 0.05) is 48.9 Å². The van der Waals surface area contributed by atoms with Crippen molar-refractivity contribution in [2.45, 2.75) is 0 Å². The van der Waals surface area contributed by atoms with Gasteiger partial charge in [-0.15, -0.1) is 0 Å². The molecule has 2 aromatic carbocycles. The first-order valence-electron chi connectivity index (χ1n) is 9.44. The summed E-state index contributed by atoms with van der Waals surface area (Å²) in [5, 5.41) is 3.54. The van der Waals surface area contributed by atoms with E-state index in [1.54, 1.807) is 32.4 Å². The Balaban J connectivity index is 1.75. The Morgan fingerprint density at radius 2 is 1.83 bits per heavy atom. The van der Waals surface area contributed by atoms with Crippen LogP contribution in [0.1, 0.15) is 5.56 Å². The Bertz CT molecular complexity index is 893. The molecule has 29 heavy (non-hydrogen) atoms. The second-order valence-electron chi connectivity index (χ2n) is 6.88. The van der Waals surface area contributed by atoms with E-state index >= 15 is 0 Å². The predicted molar refractivity (Wildman–Crippen MR) is 118 cm³/mol. The van der Waals surface area contributed by atoms with Gasteiger partial charge in [0.05, 0.1) is 25.6 Å². The van der Waals surface area contributed by atoms with Gasteiger partial charge in [0.15, 0.2) is 0 Å². The lowest BCUT2D eigenvalue weighted by Gasteiger charge is -2.35. The number of piperazine rings is 1. The van der Waals surface area contributed by atoms with Gasteiger partial charge < -0.3 is 24.6 Å². The maximum Gasteiger partial charge on any atom is 0.248 e. The summed E-state index contributed by atoms with van der Waals surface area (Å²) >= 11 is 6.18. The maximum atomic E-state index is 12.6. The molecule has 1 fully saturated rings. The van der Waals surface area contributed by atoms with E-state index in [0.29, 0.717) is 22.2 Å². The van der Waals surface area contributed by atoms with E-state index in [0.717, 1.165) is 37.4 Å². The summed E-state index contributed by atoms with van der Waals surface area (Å²) in [4.78, 5) is 17.1. The number of rotatable bonds is 6. The van der Waals surface area contributed by atoms with Crippen molar-refractivity contribution in [3.8, 4) is 11.5 Å². The van der Waals surface area contributed by atoms with Crippen LogP contribution >= 0.6 is 11.6 Å². The summed E-state index contributed by atoms with van der Waals surface area (Å²) in [5.41, 5.74) is 2.47. The van der Waals surface area contributed by atoms with Crippen molar-refractivity contribution >= 4 is 35.0 Å². The SMILES string of the molecule is COc1ccc(C=CC(=O)Nc2cc(Cl)ccc2N2CCN(C)CC2)c(OC)c1.